The maximum atomic E-state index is 13.0. The van der Waals surface area contributed by atoms with Crippen molar-refractivity contribution >= 4 is 17.8 Å². The molecule has 1 aromatic carbocycles. The van der Waals surface area contributed by atoms with Gasteiger partial charge in [0.05, 0.1) is 33.0 Å². The van der Waals surface area contributed by atoms with Crippen LogP contribution in [0.3, 0.4) is 0 Å². The summed E-state index contributed by atoms with van der Waals surface area (Å²) in [5.41, 5.74) is 1.42. The Bertz CT molecular complexity index is 1150. The summed E-state index contributed by atoms with van der Waals surface area (Å²) >= 11 is 0. The first-order chi connectivity index (χ1) is 17.4. The molecule has 2 amide bonds. The molecular formula is C25H33N5O6. The summed E-state index contributed by atoms with van der Waals surface area (Å²) in [4.78, 5) is 51.5. The molecule has 2 aliphatic rings. The molecule has 3 heterocycles. The smallest absolute Gasteiger partial charge is 0.257 e. The lowest BCUT2D eigenvalue weighted by atomic mass is 10.1. The van der Waals surface area contributed by atoms with E-state index in [1.54, 1.807) is 42.0 Å². The number of nitrogens with zero attached hydrogens (tertiary/aromatic N) is 4. The molecule has 0 aliphatic carbocycles. The van der Waals surface area contributed by atoms with E-state index in [9.17, 15) is 14.4 Å². The van der Waals surface area contributed by atoms with Crippen LogP contribution in [-0.2, 0) is 16.0 Å². The summed E-state index contributed by atoms with van der Waals surface area (Å²) in [6.07, 6.45) is 0.529. The Labute approximate surface area is 209 Å². The maximum Gasteiger partial charge on any atom is 0.257 e. The molecule has 11 nitrogen and oxygen atoms in total. The number of nitrogens with one attached hydrogen (secondary N) is 1. The van der Waals surface area contributed by atoms with Crippen molar-refractivity contribution in [2.45, 2.75) is 19.8 Å². The van der Waals surface area contributed by atoms with Crippen LogP contribution >= 0.6 is 0 Å². The van der Waals surface area contributed by atoms with E-state index in [1.807, 2.05) is 4.90 Å². The predicted molar refractivity (Wildman–Crippen MR) is 133 cm³/mol. The van der Waals surface area contributed by atoms with Crippen LogP contribution in [0.5, 0.6) is 11.5 Å². The molecule has 2 saturated heterocycles. The van der Waals surface area contributed by atoms with E-state index in [2.05, 4.69) is 9.97 Å². The number of piperazine rings is 1. The molecule has 11 heteroatoms. The fraction of sp³-hybridized carbons (Fsp3) is 0.520. The molecule has 4 rings (SSSR count). The first-order valence-electron chi connectivity index (χ1n) is 12.1. The standard InChI is InChI=1S/C25H33N5O6/c1-17-19(23(32)27-25(26-17)30-12-14-36-15-13-30)6-7-22(31)28-8-10-29(11-9-28)24(33)20-5-4-18(34-2)16-21(20)35-3/h4-5,16H,6-15H2,1-3H3,(H,26,27,32). The fourth-order valence-electron chi connectivity index (χ4n) is 4.51. The number of hydrogen-bond acceptors (Lipinski definition) is 8. The number of ether oxygens (including phenoxy) is 3. The summed E-state index contributed by atoms with van der Waals surface area (Å²) in [5, 5.41) is 0. The lowest BCUT2D eigenvalue weighted by molar-refractivity contribution is -0.132. The molecule has 2 fully saturated rings. The van der Waals surface area contributed by atoms with Gasteiger partial charge in [-0.25, -0.2) is 4.98 Å². The predicted octanol–water partition coefficient (Wildman–Crippen LogP) is 0.849. The zero-order chi connectivity index (χ0) is 25.7. The Kier molecular flexibility index (Phi) is 8.09. The molecule has 2 aliphatic heterocycles. The maximum absolute atomic E-state index is 13.0. The van der Waals surface area contributed by atoms with Crippen LogP contribution in [0.2, 0.25) is 0 Å². The average Bonchev–Trinajstić information content (AvgIpc) is 2.92. The third kappa shape index (κ3) is 5.62. The van der Waals surface area contributed by atoms with E-state index in [0.717, 1.165) is 0 Å². The Morgan fingerprint density at radius 3 is 2.36 bits per heavy atom. The fourth-order valence-corrected chi connectivity index (χ4v) is 4.51. The number of anilines is 1. The molecule has 1 aromatic heterocycles. The number of benzene rings is 1. The van der Waals surface area contributed by atoms with Crippen molar-refractivity contribution in [3.8, 4) is 11.5 Å². The third-order valence-electron chi connectivity index (χ3n) is 6.67. The van der Waals surface area contributed by atoms with Crippen LogP contribution in [0.4, 0.5) is 5.95 Å². The molecular weight excluding hydrogens is 466 g/mol. The number of H-pyrrole nitrogens is 1. The molecule has 1 N–H and O–H groups in total. The topological polar surface area (TPSA) is 117 Å². The van der Waals surface area contributed by atoms with Gasteiger partial charge in [0.15, 0.2) is 0 Å². The lowest BCUT2D eigenvalue weighted by Gasteiger charge is -2.35. The van der Waals surface area contributed by atoms with Gasteiger partial charge in [-0.2, -0.15) is 0 Å². The minimum atomic E-state index is -0.208. The van der Waals surface area contributed by atoms with Gasteiger partial charge >= 0.3 is 0 Å². The minimum absolute atomic E-state index is 0.0415. The second kappa shape index (κ2) is 11.4. The van der Waals surface area contributed by atoms with Crippen molar-refractivity contribution in [3.63, 3.8) is 0 Å². The molecule has 0 radical (unpaired) electrons. The summed E-state index contributed by atoms with van der Waals surface area (Å²) < 4.78 is 15.9. The number of morpholine rings is 1. The zero-order valence-corrected chi connectivity index (χ0v) is 21.0. The van der Waals surface area contributed by atoms with Crippen molar-refractivity contribution in [1.29, 1.82) is 0 Å². The van der Waals surface area contributed by atoms with Gasteiger partial charge in [0.25, 0.3) is 11.5 Å². The summed E-state index contributed by atoms with van der Waals surface area (Å²) in [6, 6.07) is 5.09. The number of rotatable bonds is 7. The van der Waals surface area contributed by atoms with E-state index in [0.29, 0.717) is 93.2 Å². The second-order valence-electron chi connectivity index (χ2n) is 8.79. The van der Waals surface area contributed by atoms with E-state index < -0.39 is 0 Å². The molecule has 0 saturated carbocycles. The normalized spacial score (nSPS) is 16.1. The molecule has 0 bridgehead atoms. The number of aromatic nitrogens is 2. The quantitative estimate of drug-likeness (QED) is 0.596. The van der Waals surface area contributed by atoms with Gasteiger partial charge < -0.3 is 28.9 Å². The van der Waals surface area contributed by atoms with Crippen molar-refractivity contribution in [2.75, 3.05) is 71.6 Å². The summed E-state index contributed by atoms with van der Waals surface area (Å²) in [5.74, 6) is 1.42. The molecule has 0 spiro atoms. The van der Waals surface area contributed by atoms with Crippen LogP contribution in [0, 0.1) is 6.92 Å². The van der Waals surface area contributed by atoms with Crippen LogP contribution in [0.25, 0.3) is 0 Å². The average molecular weight is 500 g/mol. The SMILES string of the molecule is COc1ccc(C(=O)N2CCN(C(=O)CCc3c(C)nc(N4CCOCC4)[nH]c3=O)CC2)c(OC)c1. The molecule has 0 atom stereocenters. The minimum Gasteiger partial charge on any atom is -0.497 e. The van der Waals surface area contributed by atoms with Crippen molar-refractivity contribution in [2.24, 2.45) is 0 Å². The number of aromatic amines is 1. The monoisotopic (exact) mass is 499 g/mol. The first kappa shape index (κ1) is 25.5. The van der Waals surface area contributed by atoms with Gasteiger partial charge in [-0.05, 0) is 25.5 Å². The number of amides is 2. The highest BCUT2D eigenvalue weighted by atomic mass is 16.5. The second-order valence-corrected chi connectivity index (χ2v) is 8.79. The third-order valence-corrected chi connectivity index (χ3v) is 6.67. The van der Waals surface area contributed by atoms with Crippen molar-refractivity contribution in [3.05, 3.63) is 45.4 Å². The summed E-state index contributed by atoms with van der Waals surface area (Å²) in [6.45, 7) is 6.09. The van der Waals surface area contributed by atoms with Gasteiger partial charge in [-0.1, -0.05) is 0 Å². The summed E-state index contributed by atoms with van der Waals surface area (Å²) in [7, 11) is 3.07. The number of carbonyl (C=O) groups is 2. The van der Waals surface area contributed by atoms with Crippen molar-refractivity contribution in [1.82, 2.24) is 19.8 Å². The Hall–Kier alpha value is -3.60. The first-order valence-corrected chi connectivity index (χ1v) is 12.1. The Morgan fingerprint density at radius 1 is 1.03 bits per heavy atom. The van der Waals surface area contributed by atoms with E-state index >= 15 is 0 Å². The number of methoxy groups -OCH3 is 2. The van der Waals surface area contributed by atoms with Crippen molar-refractivity contribution < 1.29 is 23.8 Å². The highest BCUT2D eigenvalue weighted by Gasteiger charge is 2.27. The molecule has 194 valence electrons. The number of carbonyl (C=O) groups excluding carboxylic acids is 2. The highest BCUT2D eigenvalue weighted by molar-refractivity contribution is 5.97. The van der Waals surface area contributed by atoms with Crippen LogP contribution in [0.15, 0.2) is 23.0 Å². The number of aryl methyl sites for hydroxylation is 1. The van der Waals surface area contributed by atoms with Gasteiger partial charge in [0.2, 0.25) is 11.9 Å². The van der Waals surface area contributed by atoms with Gasteiger partial charge in [-0.3, -0.25) is 19.4 Å². The highest BCUT2D eigenvalue weighted by Crippen LogP contribution is 2.26. The van der Waals surface area contributed by atoms with Crippen LogP contribution < -0.4 is 19.9 Å². The van der Waals surface area contributed by atoms with Crippen LogP contribution in [-0.4, -0.2) is 98.3 Å². The lowest BCUT2D eigenvalue weighted by Crippen LogP contribution is -2.50. The van der Waals surface area contributed by atoms with Gasteiger partial charge in [0.1, 0.15) is 11.5 Å². The zero-order valence-electron chi connectivity index (χ0n) is 21.0. The number of hydrogen-bond donors (Lipinski definition) is 1. The van der Waals surface area contributed by atoms with E-state index in [4.69, 9.17) is 14.2 Å². The van der Waals surface area contributed by atoms with Crippen LogP contribution in [0.1, 0.15) is 28.0 Å². The van der Waals surface area contributed by atoms with Gasteiger partial charge in [0, 0.05) is 63.0 Å². The van der Waals surface area contributed by atoms with Gasteiger partial charge in [-0.15, -0.1) is 0 Å². The largest absolute Gasteiger partial charge is 0.497 e. The Morgan fingerprint density at radius 2 is 1.72 bits per heavy atom. The Balaban J connectivity index is 1.32. The van der Waals surface area contributed by atoms with E-state index in [1.165, 1.54) is 7.11 Å². The molecule has 2 aromatic rings. The molecule has 36 heavy (non-hydrogen) atoms. The molecule has 0 unspecified atom stereocenters. The van der Waals surface area contributed by atoms with E-state index in [-0.39, 0.29) is 23.8 Å².